The van der Waals surface area contributed by atoms with Crippen LogP contribution in [0.3, 0.4) is 0 Å². The smallest absolute Gasteiger partial charge is 0.379 e. The molecule has 1 unspecified atom stereocenters. The van der Waals surface area contributed by atoms with Crippen LogP contribution in [0.1, 0.15) is 6.92 Å². The van der Waals surface area contributed by atoms with Crippen molar-refractivity contribution >= 4 is 11.9 Å². The summed E-state index contributed by atoms with van der Waals surface area (Å²) in [4.78, 5) is 24.5. The number of urea groups is 1. The molecular weight excluding hydrogens is 267 g/mol. The lowest BCUT2D eigenvalue weighted by Crippen LogP contribution is -2.53. The van der Waals surface area contributed by atoms with Crippen molar-refractivity contribution in [2.45, 2.75) is 19.1 Å². The number of nitrogens with one attached hydrogen (secondary N) is 2. The Labute approximate surface area is 108 Å². The van der Waals surface area contributed by atoms with Crippen molar-refractivity contribution in [1.29, 1.82) is 0 Å². The SMILES string of the molecule is CC(C(=O)NC(=O)NCC(F)(F)F)N1CCOCC1. The number of alkyl halides is 3. The van der Waals surface area contributed by atoms with E-state index in [4.69, 9.17) is 4.74 Å². The molecule has 1 saturated heterocycles. The van der Waals surface area contributed by atoms with E-state index >= 15 is 0 Å². The second-order valence-corrected chi connectivity index (χ2v) is 4.11. The zero-order valence-corrected chi connectivity index (χ0v) is 10.4. The Bertz CT molecular complexity index is 330. The molecule has 1 fully saturated rings. The summed E-state index contributed by atoms with van der Waals surface area (Å²) >= 11 is 0. The second-order valence-electron chi connectivity index (χ2n) is 4.11. The molecule has 0 spiro atoms. The van der Waals surface area contributed by atoms with Crippen LogP contribution in [0.2, 0.25) is 0 Å². The molecule has 0 radical (unpaired) electrons. The zero-order chi connectivity index (χ0) is 14.5. The maximum absolute atomic E-state index is 11.9. The van der Waals surface area contributed by atoms with Crippen LogP contribution in [0.5, 0.6) is 0 Å². The molecule has 1 atom stereocenters. The van der Waals surface area contributed by atoms with Crippen LogP contribution in [0.25, 0.3) is 0 Å². The minimum absolute atomic E-state index is 0.484. The van der Waals surface area contributed by atoms with Crippen molar-refractivity contribution in [3.63, 3.8) is 0 Å². The number of morpholine rings is 1. The minimum atomic E-state index is -4.50. The van der Waals surface area contributed by atoms with Crippen molar-refractivity contribution in [2.75, 3.05) is 32.8 Å². The van der Waals surface area contributed by atoms with Gasteiger partial charge in [-0.15, -0.1) is 0 Å². The van der Waals surface area contributed by atoms with Crippen LogP contribution >= 0.6 is 0 Å². The number of nitrogens with zero attached hydrogens (tertiary/aromatic N) is 1. The third-order valence-electron chi connectivity index (χ3n) is 2.66. The van der Waals surface area contributed by atoms with Gasteiger partial charge in [0, 0.05) is 13.1 Å². The van der Waals surface area contributed by atoms with Crippen molar-refractivity contribution < 1.29 is 27.5 Å². The van der Waals surface area contributed by atoms with Gasteiger partial charge < -0.3 is 10.1 Å². The van der Waals surface area contributed by atoms with Gasteiger partial charge in [0.1, 0.15) is 6.54 Å². The van der Waals surface area contributed by atoms with Crippen molar-refractivity contribution in [3.05, 3.63) is 0 Å². The summed E-state index contributed by atoms with van der Waals surface area (Å²) in [7, 11) is 0. The Morgan fingerprint density at radius 3 is 2.42 bits per heavy atom. The van der Waals surface area contributed by atoms with E-state index in [1.807, 2.05) is 5.32 Å². The highest BCUT2D eigenvalue weighted by Gasteiger charge is 2.29. The number of hydrogen-bond acceptors (Lipinski definition) is 4. The monoisotopic (exact) mass is 283 g/mol. The van der Waals surface area contributed by atoms with Crippen LogP contribution in [0, 0.1) is 0 Å². The number of rotatable bonds is 3. The molecule has 0 bridgehead atoms. The van der Waals surface area contributed by atoms with E-state index in [9.17, 15) is 22.8 Å². The summed E-state index contributed by atoms with van der Waals surface area (Å²) < 4.78 is 40.7. The largest absolute Gasteiger partial charge is 0.405 e. The Morgan fingerprint density at radius 1 is 1.32 bits per heavy atom. The quantitative estimate of drug-likeness (QED) is 0.770. The van der Waals surface area contributed by atoms with E-state index in [1.54, 1.807) is 17.1 Å². The number of carbonyl (C=O) groups excluding carboxylic acids is 2. The fourth-order valence-electron chi connectivity index (χ4n) is 1.57. The van der Waals surface area contributed by atoms with Gasteiger partial charge >= 0.3 is 12.2 Å². The molecule has 3 amide bonds. The van der Waals surface area contributed by atoms with E-state index in [0.717, 1.165) is 0 Å². The predicted octanol–water partition coefficient (Wildman–Crippen LogP) is 0.0952. The lowest BCUT2D eigenvalue weighted by molar-refractivity contribution is -0.128. The standard InChI is InChI=1S/C10H16F3N3O3/c1-7(16-2-4-19-5-3-16)8(17)15-9(18)14-6-10(11,12)13/h7H,2-6H2,1H3,(H2,14,15,17,18). The first-order valence-corrected chi connectivity index (χ1v) is 5.77. The lowest BCUT2D eigenvalue weighted by Gasteiger charge is -2.31. The summed E-state index contributed by atoms with van der Waals surface area (Å²) in [6.07, 6.45) is -4.50. The molecule has 1 heterocycles. The lowest BCUT2D eigenvalue weighted by atomic mass is 10.2. The third-order valence-corrected chi connectivity index (χ3v) is 2.66. The summed E-state index contributed by atoms with van der Waals surface area (Å²) in [6, 6.07) is -1.75. The fraction of sp³-hybridized carbons (Fsp3) is 0.800. The van der Waals surface area contributed by atoms with Gasteiger partial charge in [-0.3, -0.25) is 15.0 Å². The maximum atomic E-state index is 11.9. The number of amides is 3. The van der Waals surface area contributed by atoms with Gasteiger partial charge in [0.2, 0.25) is 5.91 Å². The zero-order valence-electron chi connectivity index (χ0n) is 10.4. The second kappa shape index (κ2) is 6.71. The van der Waals surface area contributed by atoms with Crippen molar-refractivity contribution in [2.24, 2.45) is 0 Å². The molecular formula is C10H16F3N3O3. The summed E-state index contributed by atoms with van der Waals surface area (Å²) in [5.41, 5.74) is 0. The van der Waals surface area contributed by atoms with Gasteiger partial charge in [-0.1, -0.05) is 0 Å². The van der Waals surface area contributed by atoms with Crippen LogP contribution < -0.4 is 10.6 Å². The van der Waals surface area contributed by atoms with Crippen molar-refractivity contribution in [3.8, 4) is 0 Å². The summed E-state index contributed by atoms with van der Waals surface area (Å²) in [6.45, 7) is 2.16. The van der Waals surface area contributed by atoms with Gasteiger partial charge in [-0.25, -0.2) is 4.79 Å². The minimum Gasteiger partial charge on any atom is -0.379 e. The molecule has 6 nitrogen and oxygen atoms in total. The Balaban J connectivity index is 2.34. The predicted molar refractivity (Wildman–Crippen MR) is 59.5 cm³/mol. The Kier molecular flexibility index (Phi) is 5.55. The topological polar surface area (TPSA) is 70.7 Å². The van der Waals surface area contributed by atoms with Crippen LogP contribution in [-0.2, 0) is 9.53 Å². The van der Waals surface area contributed by atoms with Gasteiger partial charge in [0.25, 0.3) is 0 Å². The summed E-state index contributed by atoms with van der Waals surface area (Å²) in [5.74, 6) is -0.637. The highest BCUT2D eigenvalue weighted by molar-refractivity contribution is 5.96. The normalized spacial score (nSPS) is 18.7. The molecule has 110 valence electrons. The Hall–Kier alpha value is -1.35. The van der Waals surface area contributed by atoms with Gasteiger partial charge in [-0.05, 0) is 6.92 Å². The first-order chi connectivity index (χ1) is 8.79. The van der Waals surface area contributed by atoms with E-state index < -0.39 is 30.7 Å². The molecule has 0 saturated carbocycles. The van der Waals surface area contributed by atoms with Gasteiger partial charge in [0.05, 0.1) is 19.3 Å². The highest BCUT2D eigenvalue weighted by atomic mass is 19.4. The average Bonchev–Trinajstić information content (AvgIpc) is 2.35. The molecule has 0 aromatic rings. The number of ether oxygens (including phenoxy) is 1. The first kappa shape index (κ1) is 15.7. The molecule has 2 N–H and O–H groups in total. The summed E-state index contributed by atoms with van der Waals surface area (Å²) in [5, 5.41) is 3.45. The van der Waals surface area contributed by atoms with Gasteiger partial charge in [-0.2, -0.15) is 13.2 Å². The van der Waals surface area contributed by atoms with E-state index in [1.165, 1.54) is 0 Å². The van der Waals surface area contributed by atoms with E-state index in [-0.39, 0.29) is 0 Å². The molecule has 1 aliphatic heterocycles. The third kappa shape index (κ3) is 5.88. The molecule has 0 aromatic carbocycles. The van der Waals surface area contributed by atoms with Gasteiger partial charge in [0.15, 0.2) is 0 Å². The fourth-order valence-corrected chi connectivity index (χ4v) is 1.57. The average molecular weight is 283 g/mol. The van der Waals surface area contributed by atoms with Crippen molar-refractivity contribution in [1.82, 2.24) is 15.5 Å². The molecule has 9 heteroatoms. The highest BCUT2D eigenvalue weighted by Crippen LogP contribution is 2.12. The number of imide groups is 1. The number of halogens is 3. The van der Waals surface area contributed by atoms with Crippen LogP contribution in [-0.4, -0.2) is 61.9 Å². The number of hydrogen-bond donors (Lipinski definition) is 2. The van der Waals surface area contributed by atoms with Crippen LogP contribution in [0.15, 0.2) is 0 Å². The van der Waals surface area contributed by atoms with Crippen LogP contribution in [0.4, 0.5) is 18.0 Å². The molecule has 19 heavy (non-hydrogen) atoms. The molecule has 1 rings (SSSR count). The molecule has 0 aliphatic carbocycles. The Morgan fingerprint density at radius 2 is 1.89 bits per heavy atom. The molecule has 0 aromatic heterocycles. The number of carbonyl (C=O) groups is 2. The maximum Gasteiger partial charge on any atom is 0.405 e. The van der Waals surface area contributed by atoms with E-state index in [0.29, 0.717) is 26.3 Å². The van der Waals surface area contributed by atoms with E-state index in [2.05, 4.69) is 0 Å². The molecule has 1 aliphatic rings. The first-order valence-electron chi connectivity index (χ1n) is 5.77.